The van der Waals surface area contributed by atoms with Gasteiger partial charge in [-0.05, 0) is 49.9 Å². The van der Waals surface area contributed by atoms with Gasteiger partial charge in [0, 0.05) is 33.9 Å². The lowest BCUT2D eigenvalue weighted by atomic mass is 9.64. The fourth-order valence-corrected chi connectivity index (χ4v) is 3.24. The number of halogens is 1. The molecular weight excluding hydrogens is 389 g/mol. The summed E-state index contributed by atoms with van der Waals surface area (Å²) in [4.78, 5) is 4.33. The van der Waals surface area contributed by atoms with Crippen LogP contribution in [0.3, 0.4) is 0 Å². The van der Waals surface area contributed by atoms with Crippen molar-refractivity contribution in [3.63, 3.8) is 0 Å². The van der Waals surface area contributed by atoms with Gasteiger partial charge in [-0.1, -0.05) is 20.3 Å². The van der Waals surface area contributed by atoms with E-state index in [2.05, 4.69) is 29.5 Å². The molecule has 0 aromatic carbocycles. The van der Waals surface area contributed by atoms with Gasteiger partial charge < -0.3 is 15.4 Å². The smallest absolute Gasteiger partial charge is 0.190 e. The molecule has 0 saturated heterocycles. The summed E-state index contributed by atoms with van der Waals surface area (Å²) in [5, 5.41) is 6.95. The fraction of sp³-hybridized carbons (Fsp3) is 0.941. The molecule has 0 heterocycles. The van der Waals surface area contributed by atoms with Crippen LogP contribution in [0.2, 0.25) is 0 Å². The lowest BCUT2D eigenvalue weighted by Crippen LogP contribution is -2.47. The maximum atomic E-state index is 5.06. The number of rotatable bonds is 10. The Balaban J connectivity index is 0.00000441. The Kier molecular flexibility index (Phi) is 12.4. The summed E-state index contributed by atoms with van der Waals surface area (Å²) < 4.78 is 5.06. The first kappa shape index (κ1) is 22.0. The van der Waals surface area contributed by atoms with E-state index in [-0.39, 0.29) is 24.0 Å². The topological polar surface area (TPSA) is 45.7 Å². The van der Waals surface area contributed by atoms with E-state index in [0.29, 0.717) is 5.41 Å². The molecule has 0 bridgehead atoms. The van der Waals surface area contributed by atoms with Crippen molar-refractivity contribution >= 4 is 29.9 Å². The highest BCUT2D eigenvalue weighted by molar-refractivity contribution is 14.0. The molecule has 2 N–H and O–H groups in total. The second kappa shape index (κ2) is 12.4. The van der Waals surface area contributed by atoms with Crippen LogP contribution < -0.4 is 10.6 Å². The van der Waals surface area contributed by atoms with E-state index >= 15 is 0 Å². The molecule has 5 heteroatoms. The maximum absolute atomic E-state index is 5.06. The zero-order valence-corrected chi connectivity index (χ0v) is 17.2. The monoisotopic (exact) mass is 425 g/mol. The number of methoxy groups -OCH3 is 1. The van der Waals surface area contributed by atoms with Crippen LogP contribution in [0.25, 0.3) is 0 Å². The molecule has 1 saturated carbocycles. The van der Waals surface area contributed by atoms with Gasteiger partial charge in [0.25, 0.3) is 0 Å². The highest BCUT2D eigenvalue weighted by atomic mass is 127. The lowest BCUT2D eigenvalue weighted by Gasteiger charge is -2.43. The summed E-state index contributed by atoms with van der Waals surface area (Å²) in [6.07, 6.45) is 8.96. The van der Waals surface area contributed by atoms with Crippen molar-refractivity contribution in [2.45, 2.75) is 58.8 Å². The second-order valence-electron chi connectivity index (χ2n) is 6.86. The Morgan fingerprint density at radius 1 is 1.18 bits per heavy atom. The van der Waals surface area contributed by atoms with Crippen molar-refractivity contribution < 1.29 is 4.74 Å². The van der Waals surface area contributed by atoms with Crippen molar-refractivity contribution in [1.82, 2.24) is 10.6 Å². The Bertz CT molecular complexity index is 304. The van der Waals surface area contributed by atoms with Crippen molar-refractivity contribution in [3.05, 3.63) is 0 Å². The second-order valence-corrected chi connectivity index (χ2v) is 6.86. The molecule has 1 rings (SSSR count). The number of guanidine groups is 1. The molecule has 0 aliphatic heterocycles. The fourth-order valence-electron chi connectivity index (χ4n) is 3.24. The molecule has 0 spiro atoms. The molecule has 0 aromatic rings. The molecule has 0 radical (unpaired) electrons. The molecule has 4 nitrogen and oxygen atoms in total. The van der Waals surface area contributed by atoms with Crippen molar-refractivity contribution in [2.24, 2.45) is 16.3 Å². The molecular formula is C17H36IN3O. The number of unbranched alkanes of at least 4 members (excludes halogenated alkanes) is 2. The van der Waals surface area contributed by atoms with Gasteiger partial charge in [-0.3, -0.25) is 4.99 Å². The van der Waals surface area contributed by atoms with Crippen molar-refractivity contribution in [1.29, 1.82) is 0 Å². The largest absolute Gasteiger partial charge is 0.385 e. The minimum Gasteiger partial charge on any atom is -0.385 e. The van der Waals surface area contributed by atoms with Gasteiger partial charge in [0.1, 0.15) is 0 Å². The number of hydrogen-bond acceptors (Lipinski definition) is 2. The standard InChI is InChI=1S/C17H35N3O.HI/c1-15(2)13-17(9-8-10-17)14-20-16(18-3)19-11-6-5-7-12-21-4;/h15H,5-14H2,1-4H3,(H2,18,19,20);1H. The summed E-state index contributed by atoms with van der Waals surface area (Å²) in [5.74, 6) is 1.74. The molecule has 0 atom stereocenters. The third kappa shape index (κ3) is 8.56. The zero-order chi connectivity index (χ0) is 15.6. The van der Waals surface area contributed by atoms with Crippen LogP contribution in [0.1, 0.15) is 58.8 Å². The van der Waals surface area contributed by atoms with E-state index < -0.39 is 0 Å². The Hall–Kier alpha value is -0.0400. The van der Waals surface area contributed by atoms with E-state index in [1.807, 2.05) is 7.05 Å². The normalized spacial score (nSPS) is 16.9. The summed E-state index contributed by atoms with van der Waals surface area (Å²) in [6, 6.07) is 0. The maximum Gasteiger partial charge on any atom is 0.190 e. The van der Waals surface area contributed by atoms with Gasteiger partial charge in [-0.25, -0.2) is 0 Å². The van der Waals surface area contributed by atoms with Crippen molar-refractivity contribution in [2.75, 3.05) is 33.9 Å². The van der Waals surface area contributed by atoms with E-state index in [1.165, 1.54) is 38.5 Å². The zero-order valence-electron chi connectivity index (χ0n) is 14.9. The van der Waals surface area contributed by atoms with E-state index in [1.54, 1.807) is 7.11 Å². The number of nitrogens with one attached hydrogen (secondary N) is 2. The van der Waals surface area contributed by atoms with Gasteiger partial charge in [0.2, 0.25) is 0 Å². The van der Waals surface area contributed by atoms with Gasteiger partial charge in [0.05, 0.1) is 0 Å². The third-order valence-electron chi connectivity index (χ3n) is 4.43. The summed E-state index contributed by atoms with van der Waals surface area (Å²) in [5.41, 5.74) is 0.518. The average Bonchev–Trinajstić information content (AvgIpc) is 2.42. The Labute approximate surface area is 154 Å². The van der Waals surface area contributed by atoms with Gasteiger partial charge in [-0.2, -0.15) is 0 Å². The van der Waals surface area contributed by atoms with Gasteiger partial charge in [0.15, 0.2) is 5.96 Å². The number of hydrogen-bond donors (Lipinski definition) is 2. The quantitative estimate of drug-likeness (QED) is 0.242. The SMILES string of the molecule is CN=C(NCCCCCOC)NCC1(CC(C)C)CCC1.I. The van der Waals surface area contributed by atoms with Crippen LogP contribution in [-0.2, 0) is 4.74 Å². The van der Waals surface area contributed by atoms with Crippen LogP contribution in [0.4, 0.5) is 0 Å². The minimum atomic E-state index is 0. The molecule has 22 heavy (non-hydrogen) atoms. The predicted molar refractivity (Wildman–Crippen MR) is 106 cm³/mol. The number of ether oxygens (including phenoxy) is 1. The molecule has 1 aliphatic carbocycles. The molecule has 132 valence electrons. The Morgan fingerprint density at radius 3 is 2.41 bits per heavy atom. The van der Waals surface area contributed by atoms with Crippen LogP contribution >= 0.6 is 24.0 Å². The lowest BCUT2D eigenvalue weighted by molar-refractivity contribution is 0.104. The molecule has 1 aliphatic rings. The number of aliphatic imine (C=N–C) groups is 1. The average molecular weight is 425 g/mol. The summed E-state index contributed by atoms with van der Waals surface area (Å²) >= 11 is 0. The first-order valence-corrected chi connectivity index (χ1v) is 8.55. The third-order valence-corrected chi connectivity index (χ3v) is 4.43. The van der Waals surface area contributed by atoms with E-state index in [0.717, 1.165) is 38.0 Å². The van der Waals surface area contributed by atoms with E-state index in [9.17, 15) is 0 Å². The predicted octanol–water partition coefficient (Wildman–Crippen LogP) is 3.80. The van der Waals surface area contributed by atoms with Crippen LogP contribution in [-0.4, -0.2) is 39.8 Å². The van der Waals surface area contributed by atoms with Crippen LogP contribution in [0, 0.1) is 11.3 Å². The molecule has 0 unspecified atom stereocenters. The van der Waals surface area contributed by atoms with Gasteiger partial charge in [-0.15, -0.1) is 24.0 Å². The van der Waals surface area contributed by atoms with Crippen LogP contribution in [0.5, 0.6) is 0 Å². The summed E-state index contributed by atoms with van der Waals surface area (Å²) in [7, 11) is 3.62. The number of nitrogens with zero attached hydrogens (tertiary/aromatic N) is 1. The molecule has 0 aromatic heterocycles. The molecule has 1 fully saturated rings. The first-order chi connectivity index (χ1) is 10.1. The highest BCUT2D eigenvalue weighted by Gasteiger charge is 2.37. The van der Waals surface area contributed by atoms with Crippen molar-refractivity contribution in [3.8, 4) is 0 Å². The first-order valence-electron chi connectivity index (χ1n) is 8.55. The summed E-state index contributed by atoms with van der Waals surface area (Å²) in [6.45, 7) is 7.57. The molecule has 0 amide bonds. The highest BCUT2D eigenvalue weighted by Crippen LogP contribution is 2.45. The van der Waals surface area contributed by atoms with E-state index in [4.69, 9.17) is 4.74 Å². The van der Waals surface area contributed by atoms with Crippen LogP contribution in [0.15, 0.2) is 4.99 Å². The van der Waals surface area contributed by atoms with Gasteiger partial charge >= 0.3 is 0 Å². The minimum absolute atomic E-state index is 0. The Morgan fingerprint density at radius 2 is 1.91 bits per heavy atom.